The number of benzene rings is 2. The molecule has 1 N–H and O–H groups in total. The van der Waals surface area contributed by atoms with Gasteiger partial charge in [-0.1, -0.05) is 61.7 Å². The van der Waals surface area contributed by atoms with Crippen molar-refractivity contribution in [1.29, 1.82) is 0 Å². The molecule has 1 fully saturated rings. The second kappa shape index (κ2) is 11.2. The minimum atomic E-state index is -0.504. The third-order valence-electron chi connectivity index (χ3n) is 5.83. The summed E-state index contributed by atoms with van der Waals surface area (Å²) in [5, 5.41) is 3.19. The lowest BCUT2D eigenvalue weighted by Gasteiger charge is -2.31. The molecule has 30 heavy (non-hydrogen) atoms. The Hall–Kier alpha value is -2.27. The van der Waals surface area contributed by atoms with Gasteiger partial charge in [0.25, 0.3) is 0 Å². The molecule has 3 rings (SSSR count). The normalized spacial score (nSPS) is 15.4. The van der Waals surface area contributed by atoms with Crippen molar-refractivity contribution < 1.29 is 9.59 Å². The molecule has 4 nitrogen and oxygen atoms in total. The van der Waals surface area contributed by atoms with Crippen LogP contribution < -0.4 is 5.32 Å². The molecule has 160 valence electrons. The third kappa shape index (κ3) is 6.36. The molecule has 0 saturated heterocycles. The maximum atomic E-state index is 13.2. The molecule has 0 spiro atoms. The summed E-state index contributed by atoms with van der Waals surface area (Å²) in [5.74, 6) is 0.253. The van der Waals surface area contributed by atoms with Crippen molar-refractivity contribution in [1.82, 2.24) is 10.2 Å². The highest BCUT2D eigenvalue weighted by Gasteiger charge is 2.28. The summed E-state index contributed by atoms with van der Waals surface area (Å²) in [6, 6.07) is 17.7. The van der Waals surface area contributed by atoms with Gasteiger partial charge in [-0.2, -0.15) is 0 Å². The smallest absolute Gasteiger partial charge is 0.242 e. The lowest BCUT2D eigenvalue weighted by atomic mass is 9.95. The summed E-state index contributed by atoms with van der Waals surface area (Å²) in [4.78, 5) is 29.0. The van der Waals surface area contributed by atoms with Gasteiger partial charge in [0.05, 0.1) is 5.75 Å². The van der Waals surface area contributed by atoms with E-state index >= 15 is 0 Å². The molecule has 1 aliphatic rings. The molecule has 2 aromatic rings. The number of hydrogen-bond acceptors (Lipinski definition) is 3. The Morgan fingerprint density at radius 3 is 2.40 bits per heavy atom. The minimum absolute atomic E-state index is 0.0154. The Bertz CT molecular complexity index is 834. The molecular formula is C25H32N2O2S. The predicted octanol–water partition coefficient (Wildman–Crippen LogP) is 4.95. The number of aryl methyl sites for hydroxylation is 1. The van der Waals surface area contributed by atoms with E-state index in [9.17, 15) is 9.59 Å². The molecule has 0 heterocycles. The van der Waals surface area contributed by atoms with Crippen molar-refractivity contribution in [3.8, 4) is 0 Å². The average molecular weight is 425 g/mol. The van der Waals surface area contributed by atoms with E-state index < -0.39 is 6.04 Å². The number of thioether (sulfide) groups is 1. The van der Waals surface area contributed by atoms with Crippen LogP contribution in [0.1, 0.15) is 50.2 Å². The maximum absolute atomic E-state index is 13.2. The van der Waals surface area contributed by atoms with Crippen molar-refractivity contribution in [2.75, 3.05) is 5.75 Å². The lowest BCUT2D eigenvalue weighted by molar-refractivity contribution is -0.139. The molecule has 1 unspecified atom stereocenters. The van der Waals surface area contributed by atoms with Gasteiger partial charge in [-0.25, -0.2) is 0 Å². The number of nitrogens with one attached hydrogen (secondary N) is 1. The van der Waals surface area contributed by atoms with Crippen LogP contribution in [0.4, 0.5) is 0 Å². The van der Waals surface area contributed by atoms with Gasteiger partial charge in [-0.15, -0.1) is 11.8 Å². The summed E-state index contributed by atoms with van der Waals surface area (Å²) in [6.45, 7) is 4.34. The molecule has 1 saturated carbocycles. The van der Waals surface area contributed by atoms with Gasteiger partial charge >= 0.3 is 0 Å². The fourth-order valence-electron chi connectivity index (χ4n) is 3.87. The van der Waals surface area contributed by atoms with Crippen LogP contribution in [-0.2, 0) is 16.1 Å². The van der Waals surface area contributed by atoms with Crippen LogP contribution in [0.25, 0.3) is 0 Å². The Labute approximate surface area is 184 Å². The van der Waals surface area contributed by atoms with E-state index in [0.29, 0.717) is 12.3 Å². The molecule has 2 amide bonds. The molecule has 2 aromatic carbocycles. The van der Waals surface area contributed by atoms with Crippen LogP contribution in [0.15, 0.2) is 59.5 Å². The quantitative estimate of drug-likeness (QED) is 0.610. The van der Waals surface area contributed by atoms with Gasteiger partial charge in [0.2, 0.25) is 11.8 Å². The van der Waals surface area contributed by atoms with E-state index in [4.69, 9.17) is 0 Å². The molecule has 0 radical (unpaired) electrons. The number of hydrogen-bond donors (Lipinski definition) is 1. The van der Waals surface area contributed by atoms with Crippen LogP contribution in [0.3, 0.4) is 0 Å². The minimum Gasteiger partial charge on any atom is -0.352 e. The van der Waals surface area contributed by atoms with Crippen molar-refractivity contribution in [2.45, 2.75) is 69.5 Å². The Balaban J connectivity index is 1.71. The van der Waals surface area contributed by atoms with Crippen molar-refractivity contribution >= 4 is 23.6 Å². The molecular weight excluding hydrogens is 392 g/mol. The average Bonchev–Trinajstić information content (AvgIpc) is 2.78. The summed E-state index contributed by atoms with van der Waals surface area (Å²) >= 11 is 1.51. The van der Waals surface area contributed by atoms with Crippen molar-refractivity contribution in [2.24, 2.45) is 0 Å². The summed E-state index contributed by atoms with van der Waals surface area (Å²) in [5.41, 5.74) is 2.21. The molecule has 0 aromatic heterocycles. The van der Waals surface area contributed by atoms with Crippen LogP contribution in [0.5, 0.6) is 0 Å². The second-order valence-corrected chi connectivity index (χ2v) is 9.12. The number of nitrogens with zero attached hydrogens (tertiary/aromatic N) is 1. The molecule has 0 aliphatic heterocycles. The van der Waals surface area contributed by atoms with Gasteiger partial charge in [0.1, 0.15) is 6.04 Å². The number of carbonyl (C=O) groups excluding carboxylic acids is 2. The summed E-state index contributed by atoms with van der Waals surface area (Å²) in [6.07, 6.45) is 5.65. The zero-order valence-corrected chi connectivity index (χ0v) is 18.8. The first kappa shape index (κ1) is 22.4. The first-order chi connectivity index (χ1) is 14.5. The van der Waals surface area contributed by atoms with Gasteiger partial charge in [-0.3, -0.25) is 9.59 Å². The van der Waals surface area contributed by atoms with E-state index in [2.05, 4.69) is 5.32 Å². The maximum Gasteiger partial charge on any atom is 0.242 e. The topological polar surface area (TPSA) is 49.4 Å². The summed E-state index contributed by atoms with van der Waals surface area (Å²) in [7, 11) is 0. The molecule has 1 atom stereocenters. The fraction of sp³-hybridized carbons (Fsp3) is 0.440. The zero-order chi connectivity index (χ0) is 21.3. The number of carbonyl (C=O) groups is 2. The van der Waals surface area contributed by atoms with Crippen LogP contribution in [-0.4, -0.2) is 34.6 Å². The highest BCUT2D eigenvalue weighted by atomic mass is 32.2. The Morgan fingerprint density at radius 2 is 1.70 bits per heavy atom. The second-order valence-electron chi connectivity index (χ2n) is 8.07. The Kier molecular flexibility index (Phi) is 8.38. The van der Waals surface area contributed by atoms with E-state index in [1.54, 1.807) is 4.90 Å². The first-order valence-electron chi connectivity index (χ1n) is 10.9. The Morgan fingerprint density at radius 1 is 1.03 bits per heavy atom. The largest absolute Gasteiger partial charge is 0.352 e. The molecule has 0 bridgehead atoms. The van der Waals surface area contributed by atoms with Crippen molar-refractivity contribution in [3.63, 3.8) is 0 Å². The van der Waals surface area contributed by atoms with Gasteiger partial charge in [-0.05, 0) is 49.9 Å². The summed E-state index contributed by atoms with van der Waals surface area (Å²) < 4.78 is 0. The number of rotatable bonds is 8. The standard InChI is InChI=1S/C25H32N2O2S/c1-19-11-9-10-12-21(19)17-27(24(28)18-30-23-15-7-4-8-16-23)20(2)25(29)26-22-13-5-3-6-14-22/h4,7-12,15-16,20,22H,3,5-6,13-14,17-18H2,1-2H3,(H,26,29). The van der Waals surface area contributed by atoms with Crippen molar-refractivity contribution in [3.05, 3.63) is 65.7 Å². The van der Waals surface area contributed by atoms with Crippen LogP contribution in [0, 0.1) is 6.92 Å². The highest BCUT2D eigenvalue weighted by molar-refractivity contribution is 8.00. The predicted molar refractivity (Wildman–Crippen MR) is 123 cm³/mol. The van der Waals surface area contributed by atoms with Gasteiger partial charge in [0.15, 0.2) is 0 Å². The number of amides is 2. The first-order valence-corrected chi connectivity index (χ1v) is 11.9. The van der Waals surface area contributed by atoms with Gasteiger partial charge < -0.3 is 10.2 Å². The lowest BCUT2D eigenvalue weighted by Crippen LogP contribution is -2.50. The van der Waals surface area contributed by atoms with Crippen LogP contribution in [0.2, 0.25) is 0 Å². The SMILES string of the molecule is Cc1ccccc1CN(C(=O)CSc1ccccc1)C(C)C(=O)NC1CCCCC1. The fourth-order valence-corrected chi connectivity index (χ4v) is 4.67. The molecule has 5 heteroatoms. The van der Waals surface area contributed by atoms with E-state index in [-0.39, 0.29) is 17.9 Å². The highest BCUT2D eigenvalue weighted by Crippen LogP contribution is 2.21. The third-order valence-corrected chi connectivity index (χ3v) is 6.82. The van der Waals surface area contributed by atoms with E-state index in [0.717, 1.165) is 28.9 Å². The monoisotopic (exact) mass is 424 g/mol. The van der Waals surface area contributed by atoms with Gasteiger partial charge in [0, 0.05) is 17.5 Å². The van der Waals surface area contributed by atoms with E-state index in [1.807, 2.05) is 68.4 Å². The van der Waals surface area contributed by atoms with Crippen LogP contribution >= 0.6 is 11.8 Å². The van der Waals surface area contributed by atoms with E-state index in [1.165, 1.54) is 31.0 Å². The molecule has 1 aliphatic carbocycles. The zero-order valence-electron chi connectivity index (χ0n) is 18.0.